The topological polar surface area (TPSA) is 77.6 Å². The van der Waals surface area contributed by atoms with Crippen LogP contribution in [0, 0.1) is 0 Å². The minimum Gasteiger partial charge on any atom is -0.351 e. The van der Waals surface area contributed by atoms with Crippen LogP contribution in [-0.4, -0.2) is 48.9 Å². The molecule has 7 nitrogen and oxygen atoms in total. The molecule has 3 aromatic rings. The Kier molecular flexibility index (Phi) is 6.95. The van der Waals surface area contributed by atoms with E-state index in [1.165, 1.54) is 0 Å². The van der Waals surface area contributed by atoms with E-state index in [0.717, 1.165) is 11.1 Å². The average molecular weight is 476 g/mol. The van der Waals surface area contributed by atoms with Crippen molar-refractivity contribution in [3.63, 3.8) is 0 Å². The van der Waals surface area contributed by atoms with E-state index in [9.17, 15) is 9.59 Å². The first kappa shape index (κ1) is 23.5. The average Bonchev–Trinajstić information content (AvgIpc) is 3.13. The van der Waals surface area contributed by atoms with Crippen molar-refractivity contribution in [3.8, 4) is 0 Å². The van der Waals surface area contributed by atoms with Gasteiger partial charge < -0.3 is 20.4 Å². The zero-order valence-corrected chi connectivity index (χ0v) is 20.1. The van der Waals surface area contributed by atoms with E-state index in [0.29, 0.717) is 46.4 Å². The van der Waals surface area contributed by atoms with Gasteiger partial charge in [-0.05, 0) is 37.9 Å². The number of hydrogen-bond acceptors (Lipinski definition) is 5. The molecular weight excluding hydrogens is 450 g/mol. The van der Waals surface area contributed by atoms with Crippen molar-refractivity contribution in [1.82, 2.24) is 9.88 Å². The molecular formula is C26H26ClN5O2. The molecule has 2 aromatic carbocycles. The number of likely N-dealkylation sites (N-methyl/N-ethyl adjacent to an activating group) is 1. The maximum absolute atomic E-state index is 13.1. The van der Waals surface area contributed by atoms with E-state index in [-0.39, 0.29) is 11.8 Å². The van der Waals surface area contributed by atoms with Gasteiger partial charge in [-0.25, -0.2) is 0 Å². The van der Waals surface area contributed by atoms with Gasteiger partial charge in [0, 0.05) is 36.8 Å². The minimum absolute atomic E-state index is 0.0800. The maximum Gasteiger partial charge on any atom is 0.258 e. The summed E-state index contributed by atoms with van der Waals surface area (Å²) in [6.07, 6.45) is 3.32. The molecule has 174 valence electrons. The highest BCUT2D eigenvalue weighted by Crippen LogP contribution is 2.39. The van der Waals surface area contributed by atoms with Crippen LogP contribution >= 0.6 is 11.6 Å². The number of nitrogens with zero attached hydrogens (tertiary/aromatic N) is 3. The van der Waals surface area contributed by atoms with Gasteiger partial charge in [0.1, 0.15) is 0 Å². The lowest BCUT2D eigenvalue weighted by Crippen LogP contribution is -2.35. The lowest BCUT2D eigenvalue weighted by Gasteiger charge is -2.26. The molecule has 0 unspecified atom stereocenters. The molecule has 34 heavy (non-hydrogen) atoms. The van der Waals surface area contributed by atoms with E-state index in [2.05, 4.69) is 15.6 Å². The molecule has 0 spiro atoms. The number of anilines is 3. The predicted molar refractivity (Wildman–Crippen MR) is 138 cm³/mol. The van der Waals surface area contributed by atoms with Gasteiger partial charge in [0.05, 0.1) is 34.5 Å². The second-order valence-corrected chi connectivity index (χ2v) is 8.69. The number of carbonyl (C=O) groups excluding carboxylic acids is 2. The first-order valence-corrected chi connectivity index (χ1v) is 11.3. The van der Waals surface area contributed by atoms with Gasteiger partial charge in [-0.3, -0.25) is 14.6 Å². The number of aromatic nitrogens is 1. The summed E-state index contributed by atoms with van der Waals surface area (Å²) < 4.78 is 0. The number of fused-ring (bicyclic) bond motifs is 1. The highest BCUT2D eigenvalue weighted by atomic mass is 35.5. The fourth-order valence-electron chi connectivity index (χ4n) is 3.88. The van der Waals surface area contributed by atoms with E-state index >= 15 is 0 Å². The Morgan fingerprint density at radius 3 is 2.56 bits per heavy atom. The van der Waals surface area contributed by atoms with Crippen LogP contribution in [0.15, 0.2) is 67.0 Å². The molecule has 0 saturated heterocycles. The first-order chi connectivity index (χ1) is 16.3. The van der Waals surface area contributed by atoms with Crippen molar-refractivity contribution in [2.75, 3.05) is 42.7 Å². The van der Waals surface area contributed by atoms with Gasteiger partial charge >= 0.3 is 0 Å². The molecule has 1 aliphatic heterocycles. The van der Waals surface area contributed by atoms with Gasteiger partial charge in [0.2, 0.25) is 5.91 Å². The van der Waals surface area contributed by atoms with E-state index < -0.39 is 0 Å². The molecule has 2 N–H and O–H groups in total. The van der Waals surface area contributed by atoms with Gasteiger partial charge in [-0.2, -0.15) is 0 Å². The summed E-state index contributed by atoms with van der Waals surface area (Å²) in [4.78, 5) is 33.7. The Labute approximate surface area is 204 Å². The fraction of sp³-hybridized carbons (Fsp3) is 0.192. The lowest BCUT2D eigenvalue weighted by atomic mass is 10.00. The Morgan fingerprint density at radius 2 is 1.85 bits per heavy atom. The SMILES string of the molecule is CC(=O)N(CCN(C)C)c1ccncc1NC(=C1C(=O)Nc2cc(Cl)ccc21)c1ccccc1. The summed E-state index contributed by atoms with van der Waals surface area (Å²) in [7, 11) is 3.93. The van der Waals surface area contributed by atoms with Gasteiger partial charge in [0.15, 0.2) is 0 Å². The van der Waals surface area contributed by atoms with Crippen LogP contribution in [0.5, 0.6) is 0 Å². The third kappa shape index (κ3) is 4.95. The largest absolute Gasteiger partial charge is 0.351 e. The van der Waals surface area contributed by atoms with Crippen LogP contribution in [0.4, 0.5) is 17.1 Å². The number of benzene rings is 2. The molecule has 0 radical (unpaired) electrons. The van der Waals surface area contributed by atoms with Gasteiger partial charge in [0.25, 0.3) is 5.91 Å². The minimum atomic E-state index is -0.231. The Morgan fingerprint density at radius 1 is 1.09 bits per heavy atom. The smallest absolute Gasteiger partial charge is 0.258 e. The second kappa shape index (κ2) is 10.1. The molecule has 0 fully saturated rings. The number of pyridine rings is 1. The van der Waals surface area contributed by atoms with Crippen molar-refractivity contribution in [2.45, 2.75) is 6.92 Å². The molecule has 1 aromatic heterocycles. The monoisotopic (exact) mass is 475 g/mol. The van der Waals surface area contributed by atoms with Crippen LogP contribution in [0.2, 0.25) is 5.02 Å². The molecule has 1 aliphatic rings. The third-order valence-corrected chi connectivity index (χ3v) is 5.77. The standard InChI is InChI=1S/C26H26ClN5O2/c1-17(33)32(14-13-31(2)3)23-11-12-28-16-22(23)29-25(18-7-5-4-6-8-18)24-20-10-9-19(27)15-21(20)30-26(24)34/h4-12,15-16,29H,13-14H2,1-3H3,(H,30,34). The van der Waals surface area contributed by atoms with E-state index in [4.69, 9.17) is 11.6 Å². The summed E-state index contributed by atoms with van der Waals surface area (Å²) in [5.41, 5.74) is 4.66. The number of nitrogens with one attached hydrogen (secondary N) is 2. The molecule has 0 atom stereocenters. The zero-order chi connectivity index (χ0) is 24.2. The van der Waals surface area contributed by atoms with Gasteiger partial charge in [-0.1, -0.05) is 48.0 Å². The molecule has 0 aliphatic carbocycles. The lowest BCUT2D eigenvalue weighted by molar-refractivity contribution is -0.116. The van der Waals surface area contributed by atoms with Crippen LogP contribution in [0.25, 0.3) is 11.3 Å². The van der Waals surface area contributed by atoms with E-state index in [1.54, 1.807) is 42.4 Å². The summed E-state index contributed by atoms with van der Waals surface area (Å²) in [5, 5.41) is 6.88. The Bertz CT molecular complexity index is 1260. The summed E-state index contributed by atoms with van der Waals surface area (Å²) in [5.74, 6) is -0.311. The quantitative estimate of drug-likeness (QED) is 0.489. The Hall–Kier alpha value is -3.68. The van der Waals surface area contributed by atoms with Crippen LogP contribution < -0.4 is 15.5 Å². The summed E-state index contributed by atoms with van der Waals surface area (Å²) in [6.45, 7) is 2.76. The van der Waals surface area contributed by atoms with Crippen molar-refractivity contribution in [1.29, 1.82) is 0 Å². The van der Waals surface area contributed by atoms with Crippen molar-refractivity contribution in [2.24, 2.45) is 0 Å². The van der Waals surface area contributed by atoms with Crippen molar-refractivity contribution >= 4 is 51.7 Å². The molecule has 2 heterocycles. The number of rotatable bonds is 7. The molecule has 8 heteroatoms. The van der Waals surface area contributed by atoms with Crippen molar-refractivity contribution in [3.05, 3.63) is 83.1 Å². The predicted octanol–water partition coefficient (Wildman–Crippen LogP) is 4.58. The fourth-order valence-corrected chi connectivity index (χ4v) is 4.05. The Balaban J connectivity index is 1.85. The van der Waals surface area contributed by atoms with Crippen LogP contribution in [-0.2, 0) is 9.59 Å². The number of hydrogen-bond donors (Lipinski definition) is 2. The molecule has 0 saturated carbocycles. The normalized spacial score (nSPS) is 14.0. The molecule has 4 rings (SSSR count). The summed E-state index contributed by atoms with van der Waals surface area (Å²) in [6, 6.07) is 16.7. The first-order valence-electron chi connectivity index (χ1n) is 10.9. The highest BCUT2D eigenvalue weighted by molar-refractivity contribution is 6.38. The number of carbonyl (C=O) groups is 2. The second-order valence-electron chi connectivity index (χ2n) is 8.25. The van der Waals surface area contributed by atoms with Crippen LogP contribution in [0.3, 0.4) is 0 Å². The van der Waals surface area contributed by atoms with Crippen molar-refractivity contribution < 1.29 is 9.59 Å². The highest BCUT2D eigenvalue weighted by Gasteiger charge is 2.29. The van der Waals surface area contributed by atoms with Crippen LogP contribution in [0.1, 0.15) is 18.1 Å². The van der Waals surface area contributed by atoms with Gasteiger partial charge in [-0.15, -0.1) is 0 Å². The third-order valence-electron chi connectivity index (χ3n) is 5.54. The van der Waals surface area contributed by atoms with E-state index in [1.807, 2.05) is 55.4 Å². The summed E-state index contributed by atoms with van der Waals surface area (Å²) >= 11 is 6.15. The zero-order valence-electron chi connectivity index (χ0n) is 19.3. The number of amides is 2. The molecule has 2 amide bonds. The molecule has 0 bridgehead atoms. The number of halogens is 1. The maximum atomic E-state index is 13.1.